The van der Waals surface area contributed by atoms with Gasteiger partial charge in [-0.15, -0.1) is 0 Å². The van der Waals surface area contributed by atoms with Crippen LogP contribution in [0.15, 0.2) is 24.3 Å². The number of nitrogens with zero attached hydrogens (tertiary/aromatic N) is 1. The molecule has 88 valence electrons. The van der Waals surface area contributed by atoms with E-state index < -0.39 is 0 Å². The highest BCUT2D eigenvalue weighted by molar-refractivity contribution is 5.58. The Morgan fingerprint density at radius 1 is 1.38 bits per heavy atom. The van der Waals surface area contributed by atoms with Crippen LogP contribution in [-0.2, 0) is 11.3 Å². The molecule has 0 unspecified atom stereocenters. The zero-order chi connectivity index (χ0) is 12.2. The van der Waals surface area contributed by atoms with E-state index in [1.807, 2.05) is 20.9 Å². The summed E-state index contributed by atoms with van der Waals surface area (Å²) in [5.41, 5.74) is 2.31. The van der Waals surface area contributed by atoms with Crippen LogP contribution in [0.25, 0.3) is 0 Å². The predicted octanol–water partition coefficient (Wildman–Crippen LogP) is 2.65. The van der Waals surface area contributed by atoms with Crippen molar-refractivity contribution in [3.05, 3.63) is 35.4 Å². The van der Waals surface area contributed by atoms with Crippen LogP contribution in [0.3, 0.4) is 0 Å². The Bertz CT molecular complexity index is 358. The molecule has 2 nitrogen and oxygen atoms in total. The van der Waals surface area contributed by atoms with Gasteiger partial charge in [0.1, 0.15) is 6.29 Å². The Balaban J connectivity index is 2.58. The lowest BCUT2D eigenvalue weighted by Gasteiger charge is -2.25. The molecule has 0 aliphatic carbocycles. The first-order valence-electron chi connectivity index (χ1n) is 5.63. The van der Waals surface area contributed by atoms with Crippen LogP contribution >= 0.6 is 0 Å². The molecule has 0 saturated heterocycles. The summed E-state index contributed by atoms with van der Waals surface area (Å²) in [6, 6.07) is 8.48. The molecule has 0 heterocycles. The number of benzene rings is 1. The third-order valence-corrected chi connectivity index (χ3v) is 2.53. The van der Waals surface area contributed by atoms with Gasteiger partial charge in [-0.3, -0.25) is 0 Å². The van der Waals surface area contributed by atoms with Crippen LogP contribution in [0, 0.1) is 12.3 Å². The van der Waals surface area contributed by atoms with Gasteiger partial charge in [0, 0.05) is 18.5 Å². The van der Waals surface area contributed by atoms with Gasteiger partial charge in [-0.1, -0.05) is 43.7 Å². The summed E-state index contributed by atoms with van der Waals surface area (Å²) in [6.45, 7) is 7.70. The van der Waals surface area contributed by atoms with Crippen molar-refractivity contribution < 1.29 is 4.79 Å². The molecule has 1 rings (SSSR count). The van der Waals surface area contributed by atoms with Crippen LogP contribution in [0.2, 0.25) is 0 Å². The van der Waals surface area contributed by atoms with E-state index in [1.165, 1.54) is 11.1 Å². The minimum atomic E-state index is -0.265. The third kappa shape index (κ3) is 4.15. The lowest BCUT2D eigenvalue weighted by Crippen LogP contribution is -2.32. The number of hydrogen-bond donors (Lipinski definition) is 0. The van der Waals surface area contributed by atoms with Crippen LogP contribution in [-0.4, -0.2) is 24.8 Å². The van der Waals surface area contributed by atoms with Crippen molar-refractivity contribution in [2.75, 3.05) is 13.6 Å². The number of aryl methyl sites for hydroxylation is 1. The van der Waals surface area contributed by atoms with Crippen molar-refractivity contribution in [1.82, 2.24) is 4.90 Å². The first-order valence-corrected chi connectivity index (χ1v) is 5.63. The van der Waals surface area contributed by atoms with E-state index in [0.717, 1.165) is 19.4 Å². The molecule has 0 aliphatic heterocycles. The Kier molecular flexibility index (Phi) is 4.25. The van der Waals surface area contributed by atoms with Crippen molar-refractivity contribution >= 4 is 6.29 Å². The molecule has 0 atom stereocenters. The number of aldehydes is 1. The number of rotatable bonds is 5. The maximum Gasteiger partial charge on any atom is 0.126 e. The molecule has 0 fully saturated rings. The second-order valence-electron chi connectivity index (χ2n) is 5.27. The average Bonchev–Trinajstić information content (AvgIpc) is 2.16. The van der Waals surface area contributed by atoms with Crippen molar-refractivity contribution in [3.8, 4) is 0 Å². The number of hydrogen-bond acceptors (Lipinski definition) is 2. The fourth-order valence-electron chi connectivity index (χ4n) is 1.91. The highest BCUT2D eigenvalue weighted by atomic mass is 16.1. The first kappa shape index (κ1) is 12.9. The second-order valence-corrected chi connectivity index (χ2v) is 5.27. The van der Waals surface area contributed by atoms with Gasteiger partial charge in [-0.25, -0.2) is 0 Å². The van der Waals surface area contributed by atoms with Crippen LogP contribution in [0.1, 0.15) is 25.0 Å². The SMILES string of the molecule is Cc1cccc(CN(C)CC(C)(C)C=O)c1. The molecular weight excluding hydrogens is 198 g/mol. The van der Waals surface area contributed by atoms with Gasteiger partial charge in [0.05, 0.1) is 0 Å². The van der Waals surface area contributed by atoms with E-state index in [0.29, 0.717) is 0 Å². The summed E-state index contributed by atoms with van der Waals surface area (Å²) in [5.74, 6) is 0. The van der Waals surface area contributed by atoms with E-state index in [4.69, 9.17) is 0 Å². The molecular formula is C14H21NO. The lowest BCUT2D eigenvalue weighted by molar-refractivity contribution is -0.115. The molecule has 0 spiro atoms. The van der Waals surface area contributed by atoms with Gasteiger partial charge in [0.25, 0.3) is 0 Å². The van der Waals surface area contributed by atoms with Crippen LogP contribution in [0.4, 0.5) is 0 Å². The molecule has 0 saturated carbocycles. The van der Waals surface area contributed by atoms with Crippen molar-refractivity contribution in [3.63, 3.8) is 0 Å². The quantitative estimate of drug-likeness (QED) is 0.710. The summed E-state index contributed by atoms with van der Waals surface area (Å²) in [6.07, 6.45) is 1.03. The molecule has 1 aromatic rings. The molecule has 0 bridgehead atoms. The molecule has 0 aromatic heterocycles. The van der Waals surface area contributed by atoms with Gasteiger partial charge in [0.15, 0.2) is 0 Å². The topological polar surface area (TPSA) is 20.3 Å². The van der Waals surface area contributed by atoms with E-state index in [1.54, 1.807) is 0 Å². The molecule has 0 amide bonds. The first-order chi connectivity index (χ1) is 7.43. The Hall–Kier alpha value is -1.15. The second kappa shape index (κ2) is 5.26. The van der Waals surface area contributed by atoms with Crippen molar-refractivity contribution in [1.29, 1.82) is 0 Å². The minimum absolute atomic E-state index is 0.265. The lowest BCUT2D eigenvalue weighted by atomic mass is 9.95. The highest BCUT2D eigenvalue weighted by Crippen LogP contribution is 2.14. The summed E-state index contributed by atoms with van der Waals surface area (Å²) < 4.78 is 0. The standard InChI is InChI=1S/C14H21NO/c1-12-6-5-7-13(8-12)9-15(4)10-14(2,3)11-16/h5-8,11H,9-10H2,1-4H3. The normalized spacial score (nSPS) is 11.8. The molecule has 1 aromatic carbocycles. The Labute approximate surface area is 98.3 Å². The zero-order valence-electron chi connectivity index (χ0n) is 10.7. The fraction of sp³-hybridized carbons (Fsp3) is 0.500. The zero-order valence-corrected chi connectivity index (χ0v) is 10.7. The number of carbonyl (C=O) groups excluding carboxylic acids is 1. The maximum atomic E-state index is 10.8. The molecule has 16 heavy (non-hydrogen) atoms. The minimum Gasteiger partial charge on any atom is -0.303 e. The average molecular weight is 219 g/mol. The Morgan fingerprint density at radius 3 is 2.62 bits per heavy atom. The molecule has 2 heteroatoms. The summed E-state index contributed by atoms with van der Waals surface area (Å²) >= 11 is 0. The summed E-state index contributed by atoms with van der Waals surface area (Å²) in [7, 11) is 2.05. The Morgan fingerprint density at radius 2 is 2.06 bits per heavy atom. The third-order valence-electron chi connectivity index (χ3n) is 2.53. The van der Waals surface area contributed by atoms with Crippen molar-refractivity contribution in [2.24, 2.45) is 5.41 Å². The van der Waals surface area contributed by atoms with Crippen molar-refractivity contribution in [2.45, 2.75) is 27.3 Å². The van der Waals surface area contributed by atoms with E-state index in [-0.39, 0.29) is 5.41 Å². The van der Waals surface area contributed by atoms with Crippen LogP contribution in [0.5, 0.6) is 0 Å². The monoisotopic (exact) mass is 219 g/mol. The highest BCUT2D eigenvalue weighted by Gasteiger charge is 2.18. The van der Waals surface area contributed by atoms with E-state index >= 15 is 0 Å². The predicted molar refractivity (Wildman–Crippen MR) is 67.4 cm³/mol. The molecule has 0 aliphatic rings. The molecule has 0 radical (unpaired) electrons. The van der Waals surface area contributed by atoms with Gasteiger partial charge in [-0.05, 0) is 19.5 Å². The summed E-state index contributed by atoms with van der Waals surface area (Å²) in [5, 5.41) is 0. The summed E-state index contributed by atoms with van der Waals surface area (Å²) in [4.78, 5) is 13.0. The van der Waals surface area contributed by atoms with Gasteiger partial charge < -0.3 is 9.69 Å². The van der Waals surface area contributed by atoms with Gasteiger partial charge >= 0.3 is 0 Å². The number of carbonyl (C=O) groups is 1. The van der Waals surface area contributed by atoms with Gasteiger partial charge in [-0.2, -0.15) is 0 Å². The maximum absolute atomic E-state index is 10.8. The smallest absolute Gasteiger partial charge is 0.126 e. The largest absolute Gasteiger partial charge is 0.303 e. The van der Waals surface area contributed by atoms with Crippen LogP contribution < -0.4 is 0 Å². The van der Waals surface area contributed by atoms with E-state index in [2.05, 4.69) is 36.1 Å². The van der Waals surface area contributed by atoms with Gasteiger partial charge in [0.2, 0.25) is 0 Å². The molecule has 0 N–H and O–H groups in total. The fourth-order valence-corrected chi connectivity index (χ4v) is 1.91. The van der Waals surface area contributed by atoms with E-state index in [9.17, 15) is 4.79 Å².